The van der Waals surface area contributed by atoms with Crippen LogP contribution in [0.15, 0.2) is 30.6 Å². The van der Waals surface area contributed by atoms with Gasteiger partial charge in [-0.1, -0.05) is 27.7 Å². The third kappa shape index (κ3) is 5.19. The molecule has 0 unspecified atom stereocenters. The molecule has 0 spiro atoms. The number of aliphatic carboxylic acids is 1. The monoisotopic (exact) mass is 337 g/mol. The Morgan fingerprint density at radius 3 is 2.82 bits per heavy atom. The molecule has 0 saturated heterocycles. The number of carboxylic acids is 1. The second-order valence-corrected chi connectivity index (χ2v) is 7.01. The molecule has 6 nitrogen and oxygen atoms in total. The van der Waals surface area contributed by atoms with Crippen LogP contribution >= 0.6 is 21.6 Å². The zero-order chi connectivity index (χ0) is 15.8. The van der Waals surface area contributed by atoms with E-state index in [0.29, 0.717) is 29.3 Å². The van der Waals surface area contributed by atoms with E-state index in [4.69, 9.17) is 5.11 Å². The molecule has 2 heterocycles. The van der Waals surface area contributed by atoms with Gasteiger partial charge >= 0.3 is 5.97 Å². The van der Waals surface area contributed by atoms with E-state index in [9.17, 15) is 9.59 Å². The number of rotatable bonds is 8. The lowest BCUT2D eigenvalue weighted by Crippen LogP contribution is -2.26. The van der Waals surface area contributed by atoms with Gasteiger partial charge in [-0.05, 0) is 12.1 Å². The number of nitrogens with one attached hydrogen (secondary N) is 1. The summed E-state index contributed by atoms with van der Waals surface area (Å²) in [6.07, 6.45) is 3.46. The van der Waals surface area contributed by atoms with Crippen molar-refractivity contribution in [3.8, 4) is 0 Å². The van der Waals surface area contributed by atoms with E-state index in [1.54, 1.807) is 29.3 Å². The van der Waals surface area contributed by atoms with E-state index in [0.717, 1.165) is 5.39 Å². The van der Waals surface area contributed by atoms with Crippen molar-refractivity contribution in [1.82, 2.24) is 15.3 Å². The molecule has 1 amide bonds. The van der Waals surface area contributed by atoms with Gasteiger partial charge in [-0.25, -0.2) is 4.98 Å². The molecule has 2 aromatic heterocycles. The van der Waals surface area contributed by atoms with Crippen LogP contribution in [0, 0.1) is 0 Å². The average molecular weight is 337 g/mol. The van der Waals surface area contributed by atoms with E-state index in [1.807, 2.05) is 12.1 Å². The molecule has 0 aliphatic carbocycles. The zero-order valence-corrected chi connectivity index (χ0v) is 13.3. The third-order valence-corrected chi connectivity index (χ3v) is 5.09. The number of carbonyl (C=O) groups excluding carboxylic acids is 1. The normalized spacial score (nSPS) is 10.5. The molecule has 0 bridgehead atoms. The molecule has 2 aromatic rings. The molecule has 22 heavy (non-hydrogen) atoms. The Labute approximate surface area is 135 Å². The standard InChI is InChI=1S/C14H15N3O3S2/c18-13(19)4-7-21-22-8-6-16-14(20)11-2-1-10-3-5-15-9-12(10)17-11/h1-3,5,9H,4,6-8H2,(H,16,20)(H,18,19). The first-order valence-electron chi connectivity index (χ1n) is 6.62. The maximum absolute atomic E-state index is 12.0. The Bertz CT molecular complexity index is 667. The highest BCUT2D eigenvalue weighted by Gasteiger charge is 2.07. The molecule has 0 atom stereocenters. The van der Waals surface area contributed by atoms with Crippen molar-refractivity contribution in [1.29, 1.82) is 0 Å². The Hall–Kier alpha value is -1.80. The summed E-state index contributed by atoms with van der Waals surface area (Å²) >= 11 is 0. The Balaban J connectivity index is 1.73. The number of pyridine rings is 2. The van der Waals surface area contributed by atoms with Gasteiger partial charge < -0.3 is 10.4 Å². The fourth-order valence-electron chi connectivity index (χ4n) is 1.64. The van der Waals surface area contributed by atoms with Gasteiger partial charge in [0.1, 0.15) is 5.69 Å². The fourth-order valence-corrected chi connectivity index (χ4v) is 3.52. The fraction of sp³-hybridized carbons (Fsp3) is 0.286. The summed E-state index contributed by atoms with van der Waals surface area (Å²) < 4.78 is 0. The van der Waals surface area contributed by atoms with Crippen molar-refractivity contribution < 1.29 is 14.7 Å². The Morgan fingerprint density at radius 1 is 1.18 bits per heavy atom. The molecule has 0 aliphatic rings. The summed E-state index contributed by atoms with van der Waals surface area (Å²) in [5.41, 5.74) is 1.05. The number of aromatic nitrogens is 2. The lowest BCUT2D eigenvalue weighted by molar-refractivity contribution is -0.136. The molecule has 2 N–H and O–H groups in total. The first-order valence-corrected chi connectivity index (χ1v) is 9.11. The molecule has 0 aliphatic heterocycles. The maximum Gasteiger partial charge on any atom is 0.304 e. The van der Waals surface area contributed by atoms with E-state index in [2.05, 4.69) is 15.3 Å². The van der Waals surface area contributed by atoms with Crippen LogP contribution in [-0.4, -0.2) is 45.0 Å². The first kappa shape index (κ1) is 16.6. The van der Waals surface area contributed by atoms with Gasteiger partial charge in [0.2, 0.25) is 0 Å². The van der Waals surface area contributed by atoms with Gasteiger partial charge in [0, 0.05) is 29.6 Å². The van der Waals surface area contributed by atoms with E-state index in [-0.39, 0.29) is 12.3 Å². The quantitative estimate of drug-likeness (QED) is 0.563. The average Bonchev–Trinajstić information content (AvgIpc) is 2.53. The number of carboxylic acid groups (broad SMARTS) is 1. The van der Waals surface area contributed by atoms with Crippen molar-refractivity contribution in [2.75, 3.05) is 18.1 Å². The number of nitrogens with zero attached hydrogens (tertiary/aromatic N) is 2. The minimum absolute atomic E-state index is 0.152. The molecule has 0 fully saturated rings. The summed E-state index contributed by atoms with van der Waals surface area (Å²) in [6, 6.07) is 5.37. The number of hydrogen-bond donors (Lipinski definition) is 2. The number of amides is 1. The highest BCUT2D eigenvalue weighted by molar-refractivity contribution is 8.76. The van der Waals surface area contributed by atoms with Gasteiger partial charge in [0.25, 0.3) is 5.91 Å². The molecule has 0 radical (unpaired) electrons. The summed E-state index contributed by atoms with van der Waals surface area (Å²) in [5.74, 6) is 0.262. The van der Waals surface area contributed by atoms with Crippen LogP contribution in [0.1, 0.15) is 16.9 Å². The Kier molecular flexibility index (Phi) is 6.47. The molecular weight excluding hydrogens is 322 g/mol. The second kappa shape index (κ2) is 8.60. The van der Waals surface area contributed by atoms with E-state index in [1.165, 1.54) is 10.8 Å². The minimum Gasteiger partial charge on any atom is -0.481 e. The zero-order valence-electron chi connectivity index (χ0n) is 11.7. The minimum atomic E-state index is -0.793. The van der Waals surface area contributed by atoms with Crippen LogP contribution in [0.3, 0.4) is 0 Å². The molecule has 0 saturated carbocycles. The second-order valence-electron chi connectivity index (χ2n) is 4.31. The van der Waals surface area contributed by atoms with Crippen LogP contribution in [-0.2, 0) is 4.79 Å². The predicted molar refractivity (Wildman–Crippen MR) is 89.0 cm³/mol. The third-order valence-electron chi connectivity index (χ3n) is 2.68. The van der Waals surface area contributed by atoms with Crippen molar-refractivity contribution >= 4 is 44.4 Å². The van der Waals surface area contributed by atoms with E-state index >= 15 is 0 Å². The number of carbonyl (C=O) groups is 2. The topological polar surface area (TPSA) is 92.2 Å². The largest absolute Gasteiger partial charge is 0.481 e. The van der Waals surface area contributed by atoms with Gasteiger partial charge in [-0.15, -0.1) is 0 Å². The number of hydrogen-bond acceptors (Lipinski definition) is 6. The lowest BCUT2D eigenvalue weighted by Gasteiger charge is -2.05. The van der Waals surface area contributed by atoms with Crippen molar-refractivity contribution in [2.24, 2.45) is 0 Å². The summed E-state index contributed by atoms with van der Waals surface area (Å²) in [7, 11) is 3.03. The van der Waals surface area contributed by atoms with Crippen molar-refractivity contribution in [2.45, 2.75) is 6.42 Å². The molecule has 116 valence electrons. The van der Waals surface area contributed by atoms with Crippen LogP contribution in [0.25, 0.3) is 10.9 Å². The highest BCUT2D eigenvalue weighted by Crippen LogP contribution is 2.21. The SMILES string of the molecule is O=C(O)CCSSCCNC(=O)c1ccc2ccncc2n1. The summed E-state index contributed by atoms with van der Waals surface area (Å²) in [5, 5.41) is 12.2. The Morgan fingerprint density at radius 2 is 2.00 bits per heavy atom. The van der Waals surface area contributed by atoms with Crippen molar-refractivity contribution in [3.05, 3.63) is 36.3 Å². The summed E-state index contributed by atoms with van der Waals surface area (Å²) in [6.45, 7) is 0.510. The highest BCUT2D eigenvalue weighted by atomic mass is 33.1. The lowest BCUT2D eigenvalue weighted by atomic mass is 10.2. The van der Waals surface area contributed by atoms with Crippen LogP contribution in [0.4, 0.5) is 0 Å². The van der Waals surface area contributed by atoms with Gasteiger partial charge in [0.05, 0.1) is 18.1 Å². The predicted octanol–water partition coefficient (Wildman–Crippen LogP) is 2.22. The molecule has 8 heteroatoms. The van der Waals surface area contributed by atoms with Crippen LogP contribution < -0.4 is 5.32 Å². The smallest absolute Gasteiger partial charge is 0.304 e. The molecule has 0 aromatic carbocycles. The van der Waals surface area contributed by atoms with Crippen molar-refractivity contribution in [3.63, 3.8) is 0 Å². The van der Waals surface area contributed by atoms with Crippen LogP contribution in [0.2, 0.25) is 0 Å². The van der Waals surface area contributed by atoms with Gasteiger partial charge in [0.15, 0.2) is 0 Å². The number of fused-ring (bicyclic) bond motifs is 1. The first-order chi connectivity index (χ1) is 10.7. The molecule has 2 rings (SSSR count). The summed E-state index contributed by atoms with van der Waals surface area (Å²) in [4.78, 5) is 30.6. The maximum atomic E-state index is 12.0. The van der Waals surface area contributed by atoms with E-state index < -0.39 is 5.97 Å². The van der Waals surface area contributed by atoms with Crippen LogP contribution in [0.5, 0.6) is 0 Å². The van der Waals surface area contributed by atoms with Gasteiger partial charge in [-0.3, -0.25) is 14.6 Å². The van der Waals surface area contributed by atoms with Gasteiger partial charge in [-0.2, -0.15) is 0 Å². The molecular formula is C14H15N3O3S2.